The molecule has 1 fully saturated rings. The number of amides is 3. The van der Waals surface area contributed by atoms with Gasteiger partial charge in [-0.1, -0.05) is 12.1 Å². The topological polar surface area (TPSA) is 127 Å². The fraction of sp³-hybridized carbons (Fsp3) is 0.400. The van der Waals surface area contributed by atoms with E-state index in [1.54, 1.807) is 35.8 Å². The Morgan fingerprint density at radius 1 is 1.00 bits per heavy atom. The molecule has 192 valence electrons. The van der Waals surface area contributed by atoms with Crippen molar-refractivity contribution in [3.05, 3.63) is 48.2 Å². The minimum absolute atomic E-state index is 0.0874. The largest absolute Gasteiger partial charge is 0.489 e. The highest BCUT2D eigenvalue weighted by atomic mass is 16.6. The quantitative estimate of drug-likeness (QED) is 0.409. The second-order valence-corrected chi connectivity index (χ2v) is 7.74. The van der Waals surface area contributed by atoms with Crippen LogP contribution in [0.5, 0.6) is 5.75 Å². The SMILES string of the molecule is CCOC(=O)C=CCOc1cc(C(=O)NCC(=O)N2CCN(C(=O)OCC)CC2)nc2ccccc12. The van der Waals surface area contributed by atoms with Crippen LogP contribution in [0.2, 0.25) is 0 Å². The maximum Gasteiger partial charge on any atom is 0.409 e. The molecular formula is C25H30N4O7. The first-order chi connectivity index (χ1) is 17.4. The molecule has 1 aromatic heterocycles. The predicted octanol–water partition coefficient (Wildman–Crippen LogP) is 1.76. The van der Waals surface area contributed by atoms with Crippen LogP contribution in [-0.4, -0.2) is 91.2 Å². The lowest BCUT2D eigenvalue weighted by Gasteiger charge is -2.34. The van der Waals surface area contributed by atoms with E-state index in [0.717, 1.165) is 0 Å². The Morgan fingerprint density at radius 2 is 1.69 bits per heavy atom. The molecule has 1 aliphatic heterocycles. The van der Waals surface area contributed by atoms with Gasteiger partial charge < -0.3 is 29.3 Å². The maximum atomic E-state index is 12.8. The number of hydrogen-bond donors (Lipinski definition) is 1. The number of carbonyl (C=O) groups is 4. The van der Waals surface area contributed by atoms with E-state index in [-0.39, 0.29) is 31.4 Å². The van der Waals surface area contributed by atoms with Crippen LogP contribution in [0.25, 0.3) is 10.9 Å². The summed E-state index contributed by atoms with van der Waals surface area (Å²) in [6.45, 7) is 5.38. The smallest absolute Gasteiger partial charge is 0.409 e. The molecule has 1 aromatic carbocycles. The second-order valence-electron chi connectivity index (χ2n) is 7.74. The third kappa shape index (κ3) is 7.17. The van der Waals surface area contributed by atoms with Gasteiger partial charge in [-0.05, 0) is 32.1 Å². The van der Waals surface area contributed by atoms with E-state index < -0.39 is 18.0 Å². The molecule has 0 saturated carbocycles. The zero-order valence-corrected chi connectivity index (χ0v) is 20.4. The van der Waals surface area contributed by atoms with Crippen molar-refractivity contribution in [1.82, 2.24) is 20.1 Å². The Kier molecular flexibility index (Phi) is 9.61. The Balaban J connectivity index is 1.59. The van der Waals surface area contributed by atoms with Crippen LogP contribution in [0.4, 0.5) is 4.79 Å². The number of piperazine rings is 1. The van der Waals surface area contributed by atoms with Gasteiger partial charge in [0, 0.05) is 43.7 Å². The van der Waals surface area contributed by atoms with Crippen LogP contribution in [0.1, 0.15) is 24.3 Å². The summed E-state index contributed by atoms with van der Waals surface area (Å²) in [6, 6.07) is 8.68. The summed E-state index contributed by atoms with van der Waals surface area (Å²) in [5.41, 5.74) is 0.647. The van der Waals surface area contributed by atoms with Gasteiger partial charge in [0.25, 0.3) is 5.91 Å². The first-order valence-corrected chi connectivity index (χ1v) is 11.8. The number of hydrogen-bond acceptors (Lipinski definition) is 8. The summed E-state index contributed by atoms with van der Waals surface area (Å²) in [6.07, 6.45) is 2.40. The normalized spacial score (nSPS) is 13.5. The number of fused-ring (bicyclic) bond motifs is 1. The summed E-state index contributed by atoms with van der Waals surface area (Å²) in [4.78, 5) is 56.1. The number of rotatable bonds is 9. The van der Waals surface area contributed by atoms with E-state index in [2.05, 4.69) is 10.3 Å². The molecule has 1 saturated heterocycles. The second kappa shape index (κ2) is 13.1. The summed E-state index contributed by atoms with van der Waals surface area (Å²) < 4.78 is 15.6. The number of benzene rings is 1. The minimum Gasteiger partial charge on any atom is -0.489 e. The van der Waals surface area contributed by atoms with Gasteiger partial charge in [-0.25, -0.2) is 14.6 Å². The van der Waals surface area contributed by atoms with Gasteiger partial charge in [0.2, 0.25) is 5.91 Å². The Labute approximate surface area is 209 Å². The molecule has 1 N–H and O–H groups in total. The van der Waals surface area contributed by atoms with Gasteiger partial charge in [0.1, 0.15) is 18.1 Å². The number of nitrogens with one attached hydrogen (secondary N) is 1. The molecule has 3 amide bonds. The zero-order chi connectivity index (χ0) is 25.9. The van der Waals surface area contributed by atoms with E-state index in [9.17, 15) is 19.2 Å². The molecule has 0 radical (unpaired) electrons. The molecule has 0 unspecified atom stereocenters. The molecule has 1 aliphatic rings. The Morgan fingerprint density at radius 3 is 2.42 bits per heavy atom. The highest BCUT2D eigenvalue weighted by Gasteiger charge is 2.25. The average molecular weight is 499 g/mol. The van der Waals surface area contributed by atoms with Gasteiger partial charge in [-0.15, -0.1) is 0 Å². The minimum atomic E-state index is -0.522. The van der Waals surface area contributed by atoms with E-state index in [4.69, 9.17) is 14.2 Å². The third-order valence-electron chi connectivity index (χ3n) is 5.35. The highest BCUT2D eigenvalue weighted by molar-refractivity contribution is 5.98. The number of nitrogens with zero attached hydrogens (tertiary/aromatic N) is 3. The molecule has 0 atom stereocenters. The Hall–Kier alpha value is -4.15. The van der Waals surface area contributed by atoms with Gasteiger partial charge in [0.05, 0.1) is 25.3 Å². The van der Waals surface area contributed by atoms with Crippen LogP contribution >= 0.6 is 0 Å². The lowest BCUT2D eigenvalue weighted by molar-refractivity contribution is -0.137. The van der Waals surface area contributed by atoms with Gasteiger partial charge in [-0.3, -0.25) is 9.59 Å². The van der Waals surface area contributed by atoms with Gasteiger partial charge in [0.15, 0.2) is 0 Å². The van der Waals surface area contributed by atoms with Crippen molar-refractivity contribution in [1.29, 1.82) is 0 Å². The summed E-state index contributed by atoms with van der Waals surface area (Å²) in [7, 11) is 0. The van der Waals surface area contributed by atoms with Gasteiger partial charge >= 0.3 is 12.1 Å². The van der Waals surface area contributed by atoms with Crippen molar-refractivity contribution in [3.63, 3.8) is 0 Å². The fourth-order valence-electron chi connectivity index (χ4n) is 3.56. The molecule has 0 spiro atoms. The molecule has 36 heavy (non-hydrogen) atoms. The van der Waals surface area contributed by atoms with Crippen molar-refractivity contribution < 1.29 is 33.4 Å². The molecular weight excluding hydrogens is 468 g/mol. The number of ether oxygens (including phenoxy) is 3. The number of esters is 1. The lowest BCUT2D eigenvalue weighted by atomic mass is 10.1. The number of carbonyl (C=O) groups excluding carboxylic acids is 4. The number of pyridine rings is 1. The number of para-hydroxylation sites is 1. The maximum absolute atomic E-state index is 12.8. The number of aromatic nitrogens is 1. The van der Waals surface area contributed by atoms with Gasteiger partial charge in [-0.2, -0.15) is 0 Å². The van der Waals surface area contributed by atoms with Crippen molar-refractivity contribution in [2.45, 2.75) is 13.8 Å². The van der Waals surface area contributed by atoms with E-state index in [1.807, 2.05) is 12.1 Å². The average Bonchev–Trinajstić information content (AvgIpc) is 2.89. The molecule has 2 aromatic rings. The van der Waals surface area contributed by atoms with Crippen molar-refractivity contribution in [3.8, 4) is 5.75 Å². The van der Waals surface area contributed by atoms with Crippen molar-refractivity contribution >= 4 is 34.8 Å². The first-order valence-electron chi connectivity index (χ1n) is 11.8. The molecule has 3 rings (SSSR count). The summed E-state index contributed by atoms with van der Waals surface area (Å²) in [5.74, 6) is -0.826. The first kappa shape index (κ1) is 26.5. The zero-order valence-electron chi connectivity index (χ0n) is 20.4. The predicted molar refractivity (Wildman–Crippen MR) is 131 cm³/mol. The van der Waals surface area contributed by atoms with E-state index in [1.165, 1.54) is 18.2 Å². The Bertz CT molecular complexity index is 1130. The fourth-order valence-corrected chi connectivity index (χ4v) is 3.56. The summed E-state index contributed by atoms with van der Waals surface area (Å²) >= 11 is 0. The standard InChI is InChI=1S/C25H30N4O7/c1-3-34-23(31)10-7-15-36-21-16-20(27-19-9-6-5-8-18(19)21)24(32)26-17-22(30)28-11-13-29(14-12-28)25(33)35-4-2/h5-10,16H,3-4,11-15,17H2,1-2H3,(H,26,32). The van der Waals surface area contributed by atoms with Crippen LogP contribution in [-0.2, 0) is 19.1 Å². The van der Waals surface area contributed by atoms with E-state index in [0.29, 0.717) is 49.4 Å². The molecule has 11 heteroatoms. The third-order valence-corrected chi connectivity index (χ3v) is 5.35. The summed E-state index contributed by atoms with van der Waals surface area (Å²) in [5, 5.41) is 3.31. The molecule has 0 aliphatic carbocycles. The van der Waals surface area contributed by atoms with Crippen LogP contribution in [0.3, 0.4) is 0 Å². The van der Waals surface area contributed by atoms with E-state index >= 15 is 0 Å². The van der Waals surface area contributed by atoms with Crippen LogP contribution in [0, 0.1) is 0 Å². The monoisotopic (exact) mass is 498 g/mol. The molecule has 0 bridgehead atoms. The van der Waals surface area contributed by atoms with Crippen LogP contribution in [0.15, 0.2) is 42.5 Å². The molecule has 11 nitrogen and oxygen atoms in total. The van der Waals surface area contributed by atoms with Crippen LogP contribution < -0.4 is 10.1 Å². The van der Waals surface area contributed by atoms with Crippen molar-refractivity contribution in [2.75, 3.05) is 52.5 Å². The highest BCUT2D eigenvalue weighted by Crippen LogP contribution is 2.25. The lowest BCUT2D eigenvalue weighted by Crippen LogP contribution is -2.52. The molecule has 2 heterocycles. The van der Waals surface area contributed by atoms with Crippen molar-refractivity contribution in [2.24, 2.45) is 0 Å².